The van der Waals surface area contributed by atoms with E-state index in [2.05, 4.69) is 5.32 Å². The van der Waals surface area contributed by atoms with Crippen molar-refractivity contribution in [2.45, 2.75) is 57.4 Å². The predicted molar refractivity (Wildman–Crippen MR) is 141 cm³/mol. The van der Waals surface area contributed by atoms with Gasteiger partial charge in [0.15, 0.2) is 0 Å². The summed E-state index contributed by atoms with van der Waals surface area (Å²) in [6.45, 7) is 0.419. The number of hydrogen-bond acceptors (Lipinski definition) is 4. The topological polar surface area (TPSA) is 86.8 Å². The number of amides is 2. The summed E-state index contributed by atoms with van der Waals surface area (Å²) >= 11 is 12.6. The maximum absolute atomic E-state index is 13.6. The van der Waals surface area contributed by atoms with Gasteiger partial charge in [0.1, 0.15) is 12.6 Å². The Morgan fingerprint density at radius 3 is 2.21 bits per heavy atom. The molecule has 3 rings (SSSR count). The van der Waals surface area contributed by atoms with E-state index < -0.39 is 46.2 Å². The number of alkyl halides is 3. The van der Waals surface area contributed by atoms with Crippen LogP contribution in [0.4, 0.5) is 18.9 Å². The molecule has 13 heteroatoms. The summed E-state index contributed by atoms with van der Waals surface area (Å²) in [5, 5.41) is 3.38. The van der Waals surface area contributed by atoms with Crippen molar-refractivity contribution in [3.63, 3.8) is 0 Å². The van der Waals surface area contributed by atoms with Crippen molar-refractivity contribution in [3.05, 3.63) is 63.6 Å². The minimum absolute atomic E-state index is 0.0385. The van der Waals surface area contributed by atoms with Gasteiger partial charge in [-0.05, 0) is 50.1 Å². The maximum Gasteiger partial charge on any atom is 0.416 e. The average Bonchev–Trinajstić information content (AvgIpc) is 3.33. The minimum Gasteiger partial charge on any atom is -0.352 e. The molecule has 0 spiro atoms. The van der Waals surface area contributed by atoms with E-state index in [1.54, 1.807) is 18.2 Å². The molecule has 1 saturated carbocycles. The standard InChI is InChI=1S/C25H28Cl2F3N3O4S/c1-16(24(35)31-18-8-3-4-9-18)32(14-20-21(26)11-6-12-22(20)27)23(34)15-33(38(2,36)37)19-10-5-7-17(13-19)25(28,29)30/h5-7,10-13,16,18H,3-4,8-9,14-15H2,1-2H3,(H,31,35)/t16-/m1/s1. The second-order valence-corrected chi connectivity index (χ2v) is 11.9. The zero-order valence-electron chi connectivity index (χ0n) is 20.8. The Morgan fingerprint density at radius 1 is 1.08 bits per heavy atom. The Morgan fingerprint density at radius 2 is 1.66 bits per heavy atom. The van der Waals surface area contributed by atoms with Crippen LogP contribution in [0.2, 0.25) is 10.0 Å². The van der Waals surface area contributed by atoms with Crippen LogP contribution >= 0.6 is 23.2 Å². The second-order valence-electron chi connectivity index (χ2n) is 9.21. The van der Waals surface area contributed by atoms with Crippen molar-refractivity contribution < 1.29 is 31.2 Å². The number of nitrogens with zero attached hydrogens (tertiary/aromatic N) is 2. The highest BCUT2D eigenvalue weighted by Gasteiger charge is 2.34. The number of hydrogen-bond donors (Lipinski definition) is 1. The van der Waals surface area contributed by atoms with Gasteiger partial charge < -0.3 is 10.2 Å². The van der Waals surface area contributed by atoms with Crippen LogP contribution in [0.5, 0.6) is 0 Å². The Bertz CT molecular complexity index is 1260. The molecule has 0 saturated heterocycles. The van der Waals surface area contributed by atoms with Crippen LogP contribution in [0.3, 0.4) is 0 Å². The molecular weight excluding hydrogens is 566 g/mol. The van der Waals surface area contributed by atoms with Crippen LogP contribution in [0, 0.1) is 0 Å². The van der Waals surface area contributed by atoms with Gasteiger partial charge in [-0.25, -0.2) is 8.42 Å². The van der Waals surface area contributed by atoms with Crippen molar-refractivity contribution in [1.82, 2.24) is 10.2 Å². The molecule has 1 N–H and O–H groups in total. The van der Waals surface area contributed by atoms with Crippen LogP contribution in [0.1, 0.15) is 43.7 Å². The first kappa shape index (κ1) is 30.0. The molecule has 1 aliphatic rings. The first-order valence-electron chi connectivity index (χ1n) is 11.9. The summed E-state index contributed by atoms with van der Waals surface area (Å²) in [7, 11) is -4.20. The molecule has 7 nitrogen and oxygen atoms in total. The Labute approximate surface area is 229 Å². The zero-order valence-corrected chi connectivity index (χ0v) is 23.1. The molecule has 1 aliphatic carbocycles. The lowest BCUT2D eigenvalue weighted by Crippen LogP contribution is -2.52. The van der Waals surface area contributed by atoms with Gasteiger partial charge in [0.05, 0.1) is 17.5 Å². The van der Waals surface area contributed by atoms with Gasteiger partial charge in [-0.2, -0.15) is 13.2 Å². The molecule has 0 aromatic heterocycles. The second kappa shape index (κ2) is 12.1. The van der Waals surface area contributed by atoms with E-state index in [0.29, 0.717) is 15.9 Å². The molecule has 0 heterocycles. The number of carbonyl (C=O) groups excluding carboxylic acids is 2. The van der Waals surface area contributed by atoms with Crippen LogP contribution in [0.15, 0.2) is 42.5 Å². The van der Waals surface area contributed by atoms with E-state index in [0.717, 1.165) is 55.0 Å². The van der Waals surface area contributed by atoms with Gasteiger partial charge >= 0.3 is 6.18 Å². The number of halogens is 5. The lowest BCUT2D eigenvalue weighted by Gasteiger charge is -2.32. The lowest BCUT2D eigenvalue weighted by molar-refractivity contribution is -0.139. The summed E-state index contributed by atoms with van der Waals surface area (Å²) in [5.74, 6) is -1.27. The minimum atomic E-state index is -4.72. The van der Waals surface area contributed by atoms with Gasteiger partial charge in [0.25, 0.3) is 0 Å². The predicted octanol–water partition coefficient (Wildman–Crippen LogP) is 5.25. The fraction of sp³-hybridized carbons (Fsp3) is 0.440. The van der Waals surface area contributed by atoms with Gasteiger partial charge in [0.2, 0.25) is 21.8 Å². The van der Waals surface area contributed by atoms with E-state index >= 15 is 0 Å². The number of rotatable bonds is 9. The van der Waals surface area contributed by atoms with Crippen LogP contribution in [-0.4, -0.2) is 50.0 Å². The molecule has 0 bridgehead atoms. The van der Waals surface area contributed by atoms with Crippen LogP contribution < -0.4 is 9.62 Å². The Hall–Kier alpha value is -2.50. The summed E-state index contributed by atoms with van der Waals surface area (Å²) in [5.41, 5.74) is -1.07. The Balaban J connectivity index is 1.96. The number of sulfonamides is 1. The van der Waals surface area contributed by atoms with Gasteiger partial charge in [0, 0.05) is 28.2 Å². The highest BCUT2D eigenvalue weighted by atomic mass is 35.5. The van der Waals surface area contributed by atoms with Crippen molar-refractivity contribution in [2.24, 2.45) is 0 Å². The highest BCUT2D eigenvalue weighted by molar-refractivity contribution is 7.92. The fourth-order valence-corrected chi connectivity index (χ4v) is 5.64. The van der Waals surface area contributed by atoms with E-state index in [4.69, 9.17) is 23.2 Å². The highest BCUT2D eigenvalue weighted by Crippen LogP contribution is 2.32. The van der Waals surface area contributed by atoms with Crippen molar-refractivity contribution >= 4 is 50.7 Å². The largest absolute Gasteiger partial charge is 0.416 e. The number of nitrogens with one attached hydrogen (secondary N) is 1. The monoisotopic (exact) mass is 593 g/mol. The molecule has 1 fully saturated rings. The Kier molecular flexibility index (Phi) is 9.59. The smallest absolute Gasteiger partial charge is 0.352 e. The lowest BCUT2D eigenvalue weighted by atomic mass is 10.1. The molecule has 2 amide bonds. The quantitative estimate of drug-likeness (QED) is 0.430. The van der Waals surface area contributed by atoms with Crippen LogP contribution in [0.25, 0.3) is 0 Å². The average molecular weight is 594 g/mol. The molecule has 38 heavy (non-hydrogen) atoms. The summed E-state index contributed by atoms with van der Waals surface area (Å²) < 4.78 is 65.6. The SMILES string of the molecule is C[C@H](C(=O)NC1CCCC1)N(Cc1c(Cl)cccc1Cl)C(=O)CN(c1cccc(C(F)(F)F)c1)S(C)(=O)=O. The molecule has 0 radical (unpaired) electrons. The number of anilines is 1. The van der Waals surface area contributed by atoms with Crippen molar-refractivity contribution in [1.29, 1.82) is 0 Å². The fourth-order valence-electron chi connectivity index (χ4n) is 4.28. The molecular formula is C25H28Cl2F3N3O4S. The van der Waals surface area contributed by atoms with E-state index in [9.17, 15) is 31.2 Å². The number of carbonyl (C=O) groups is 2. The molecule has 0 unspecified atom stereocenters. The van der Waals surface area contributed by atoms with E-state index in [1.807, 2.05) is 0 Å². The first-order valence-corrected chi connectivity index (χ1v) is 14.5. The van der Waals surface area contributed by atoms with Gasteiger partial charge in [-0.15, -0.1) is 0 Å². The third-order valence-electron chi connectivity index (χ3n) is 6.40. The van der Waals surface area contributed by atoms with Gasteiger partial charge in [-0.3, -0.25) is 13.9 Å². The molecule has 2 aromatic carbocycles. The maximum atomic E-state index is 13.6. The van der Waals surface area contributed by atoms with E-state index in [-0.39, 0.29) is 28.3 Å². The zero-order chi connectivity index (χ0) is 28.3. The van der Waals surface area contributed by atoms with Crippen LogP contribution in [-0.2, 0) is 32.3 Å². The molecule has 208 valence electrons. The molecule has 1 atom stereocenters. The summed E-state index contributed by atoms with van der Waals surface area (Å²) in [6, 6.07) is 7.29. The normalized spacial score (nSPS) is 15.2. The third kappa shape index (κ3) is 7.54. The summed E-state index contributed by atoms with van der Waals surface area (Å²) in [6.07, 6.45) is -0.385. The van der Waals surface area contributed by atoms with Crippen molar-refractivity contribution in [3.8, 4) is 0 Å². The van der Waals surface area contributed by atoms with E-state index in [1.165, 1.54) is 6.92 Å². The van der Waals surface area contributed by atoms with Crippen molar-refractivity contribution in [2.75, 3.05) is 17.1 Å². The first-order chi connectivity index (χ1) is 17.7. The number of benzene rings is 2. The summed E-state index contributed by atoms with van der Waals surface area (Å²) in [4.78, 5) is 27.8. The molecule has 0 aliphatic heterocycles. The third-order valence-corrected chi connectivity index (χ3v) is 8.25. The van der Waals surface area contributed by atoms with Gasteiger partial charge in [-0.1, -0.05) is 48.2 Å². The molecule has 2 aromatic rings.